The van der Waals surface area contributed by atoms with Gasteiger partial charge in [-0.3, -0.25) is 4.57 Å². The molecule has 4 rings (SSSR count). The highest BCUT2D eigenvalue weighted by Gasteiger charge is 2.15. The Morgan fingerprint density at radius 1 is 0.829 bits per heavy atom. The first kappa shape index (κ1) is 28.6. The SMILES string of the molecule is CCOC(=O)OC(=O)c1ccc(Oc2ccc(/N=c3\n(N)c(=O)n(CC)c(=O)n3Cc3ccc(C)cc3)cc2)cc1. The lowest BCUT2D eigenvalue weighted by molar-refractivity contribution is 0.0401. The highest BCUT2D eigenvalue weighted by Crippen LogP contribution is 2.24. The molecule has 212 valence electrons. The van der Waals surface area contributed by atoms with Crippen molar-refractivity contribution in [2.75, 3.05) is 12.4 Å². The molecule has 0 radical (unpaired) electrons. The van der Waals surface area contributed by atoms with Crippen LogP contribution in [0.1, 0.15) is 35.3 Å². The number of benzene rings is 3. The summed E-state index contributed by atoms with van der Waals surface area (Å²) < 4.78 is 18.2. The Bertz CT molecular complexity index is 1730. The van der Waals surface area contributed by atoms with Gasteiger partial charge >= 0.3 is 23.5 Å². The largest absolute Gasteiger partial charge is 0.516 e. The zero-order valence-corrected chi connectivity index (χ0v) is 22.8. The number of aryl methyl sites for hydroxylation is 1. The molecule has 0 saturated carbocycles. The smallest absolute Gasteiger partial charge is 0.457 e. The van der Waals surface area contributed by atoms with Crippen molar-refractivity contribution in [3.05, 3.63) is 116 Å². The van der Waals surface area contributed by atoms with Crippen LogP contribution in [0.5, 0.6) is 11.5 Å². The van der Waals surface area contributed by atoms with Gasteiger partial charge in [-0.1, -0.05) is 29.8 Å². The van der Waals surface area contributed by atoms with E-state index in [1.807, 2.05) is 31.2 Å². The molecule has 4 aromatic rings. The molecule has 41 heavy (non-hydrogen) atoms. The topological polar surface area (TPSA) is 149 Å². The minimum Gasteiger partial charge on any atom is -0.457 e. The Hall–Kier alpha value is -5.39. The van der Waals surface area contributed by atoms with Crippen LogP contribution in [0.25, 0.3) is 0 Å². The first-order valence-electron chi connectivity index (χ1n) is 12.8. The highest BCUT2D eigenvalue weighted by atomic mass is 16.7. The quantitative estimate of drug-likeness (QED) is 0.196. The average molecular weight is 560 g/mol. The van der Waals surface area contributed by atoms with Crippen molar-refractivity contribution in [1.29, 1.82) is 0 Å². The second-order valence-electron chi connectivity index (χ2n) is 8.86. The van der Waals surface area contributed by atoms with Gasteiger partial charge in [0.15, 0.2) is 0 Å². The van der Waals surface area contributed by atoms with E-state index >= 15 is 0 Å². The summed E-state index contributed by atoms with van der Waals surface area (Å²) >= 11 is 0. The number of rotatable bonds is 8. The number of hydrogen-bond acceptors (Lipinski definition) is 9. The lowest BCUT2D eigenvalue weighted by Crippen LogP contribution is -2.57. The predicted molar refractivity (Wildman–Crippen MR) is 150 cm³/mol. The zero-order chi connectivity index (χ0) is 29.5. The molecule has 0 aliphatic rings. The van der Waals surface area contributed by atoms with Crippen molar-refractivity contribution in [3.63, 3.8) is 0 Å². The fourth-order valence-corrected chi connectivity index (χ4v) is 3.84. The molecule has 1 aromatic heterocycles. The fourth-order valence-electron chi connectivity index (χ4n) is 3.84. The Morgan fingerprint density at radius 3 is 2.02 bits per heavy atom. The molecule has 0 spiro atoms. The minimum atomic E-state index is -1.07. The number of aromatic nitrogens is 3. The van der Waals surface area contributed by atoms with E-state index in [1.165, 1.54) is 16.7 Å². The van der Waals surface area contributed by atoms with Gasteiger partial charge in [-0.05, 0) is 74.9 Å². The van der Waals surface area contributed by atoms with Gasteiger partial charge in [0.25, 0.3) is 0 Å². The second-order valence-corrected chi connectivity index (χ2v) is 8.86. The lowest BCUT2D eigenvalue weighted by Gasteiger charge is -2.13. The monoisotopic (exact) mass is 559 g/mol. The molecule has 0 aliphatic heterocycles. The maximum absolute atomic E-state index is 13.2. The molecule has 12 nitrogen and oxygen atoms in total. The molecule has 0 fully saturated rings. The molecule has 0 amide bonds. The summed E-state index contributed by atoms with van der Waals surface area (Å²) in [5.41, 5.74) is 1.30. The molecule has 0 unspecified atom stereocenters. The number of ether oxygens (including phenoxy) is 3. The lowest BCUT2D eigenvalue weighted by atomic mass is 10.1. The van der Waals surface area contributed by atoms with Gasteiger partial charge in [0.1, 0.15) is 11.5 Å². The van der Waals surface area contributed by atoms with Gasteiger partial charge in [-0.15, -0.1) is 0 Å². The van der Waals surface area contributed by atoms with E-state index in [4.69, 9.17) is 10.6 Å². The molecular weight excluding hydrogens is 530 g/mol. The summed E-state index contributed by atoms with van der Waals surface area (Å²) in [5, 5.41) is 0. The van der Waals surface area contributed by atoms with Gasteiger partial charge in [0, 0.05) is 6.54 Å². The van der Waals surface area contributed by atoms with Gasteiger partial charge in [-0.25, -0.2) is 28.7 Å². The minimum absolute atomic E-state index is 0.00997. The summed E-state index contributed by atoms with van der Waals surface area (Å²) in [7, 11) is 0. The van der Waals surface area contributed by atoms with E-state index < -0.39 is 23.5 Å². The number of carbonyl (C=O) groups excluding carboxylic acids is 2. The van der Waals surface area contributed by atoms with E-state index in [0.29, 0.717) is 17.2 Å². The van der Waals surface area contributed by atoms with Crippen molar-refractivity contribution in [1.82, 2.24) is 13.8 Å². The van der Waals surface area contributed by atoms with E-state index in [9.17, 15) is 19.2 Å². The average Bonchev–Trinajstić information content (AvgIpc) is 2.96. The Kier molecular flexibility index (Phi) is 8.82. The fraction of sp³-hybridized carbons (Fsp3) is 0.207. The molecule has 1 heterocycles. The van der Waals surface area contributed by atoms with Crippen molar-refractivity contribution in [3.8, 4) is 11.5 Å². The first-order chi connectivity index (χ1) is 19.7. The molecule has 12 heteroatoms. The van der Waals surface area contributed by atoms with Crippen LogP contribution in [0.2, 0.25) is 0 Å². The van der Waals surface area contributed by atoms with E-state index in [-0.39, 0.29) is 30.9 Å². The summed E-state index contributed by atoms with van der Waals surface area (Å²) in [6, 6.07) is 20.3. The standard InChI is InChI=1S/C29H29N5O7/c1-4-32-27(36)33(18-20-8-6-19(3)7-9-20)26(34(30)28(32)37)31-22-12-16-24(17-13-22)40-23-14-10-21(11-15-23)25(35)41-29(38)39-5-2/h6-17H,4-5,18,30H2,1-3H3/b31-26-. The second kappa shape index (κ2) is 12.6. The Morgan fingerprint density at radius 2 is 1.44 bits per heavy atom. The third-order valence-electron chi connectivity index (χ3n) is 5.96. The van der Waals surface area contributed by atoms with Crippen molar-refractivity contribution < 1.29 is 23.8 Å². The molecule has 0 aliphatic carbocycles. The third kappa shape index (κ3) is 6.79. The molecular formula is C29H29N5O7. The molecule has 0 atom stereocenters. The molecule has 3 aromatic carbocycles. The number of nitrogens with zero attached hydrogens (tertiary/aromatic N) is 4. The summed E-state index contributed by atoms with van der Waals surface area (Å²) in [6.07, 6.45) is -1.07. The maximum Gasteiger partial charge on any atom is 0.516 e. The van der Waals surface area contributed by atoms with E-state index in [2.05, 4.69) is 14.5 Å². The first-order valence-corrected chi connectivity index (χ1v) is 12.8. The molecule has 2 N–H and O–H groups in total. The highest BCUT2D eigenvalue weighted by molar-refractivity contribution is 5.95. The van der Waals surface area contributed by atoms with E-state index in [0.717, 1.165) is 20.4 Å². The summed E-state index contributed by atoms with van der Waals surface area (Å²) in [6.45, 7) is 5.67. The van der Waals surface area contributed by atoms with Crippen molar-refractivity contribution in [2.45, 2.75) is 33.9 Å². The van der Waals surface area contributed by atoms with Crippen LogP contribution < -0.4 is 27.6 Å². The van der Waals surface area contributed by atoms with E-state index in [1.54, 1.807) is 50.2 Å². The number of esters is 1. The third-order valence-corrected chi connectivity index (χ3v) is 5.96. The number of nitrogens with two attached hydrogens (primary N) is 1. The summed E-state index contributed by atoms with van der Waals surface area (Å²) in [5.74, 6) is 6.16. The predicted octanol–water partition coefficient (Wildman–Crippen LogP) is 3.24. The van der Waals surface area contributed by atoms with Crippen LogP contribution >= 0.6 is 0 Å². The van der Waals surface area contributed by atoms with Crippen LogP contribution in [0, 0.1) is 6.92 Å². The van der Waals surface area contributed by atoms with Crippen LogP contribution in [0.4, 0.5) is 10.5 Å². The normalized spacial score (nSPS) is 11.2. The van der Waals surface area contributed by atoms with Crippen LogP contribution in [-0.4, -0.2) is 32.5 Å². The van der Waals surface area contributed by atoms with Gasteiger partial charge in [0.2, 0.25) is 5.62 Å². The zero-order valence-electron chi connectivity index (χ0n) is 22.8. The molecule has 0 bridgehead atoms. The number of hydrogen-bond donors (Lipinski definition) is 1. The number of nitrogen functional groups attached to an aromatic ring is 1. The van der Waals surface area contributed by atoms with Crippen LogP contribution in [0.15, 0.2) is 87.4 Å². The summed E-state index contributed by atoms with van der Waals surface area (Å²) in [4.78, 5) is 53.8. The van der Waals surface area contributed by atoms with Crippen molar-refractivity contribution in [2.24, 2.45) is 4.99 Å². The number of carbonyl (C=O) groups is 2. The Balaban J connectivity index is 1.59. The van der Waals surface area contributed by atoms with Crippen LogP contribution in [0.3, 0.4) is 0 Å². The maximum atomic E-state index is 13.2. The van der Waals surface area contributed by atoms with Gasteiger partial charge < -0.3 is 20.1 Å². The molecule has 0 saturated heterocycles. The van der Waals surface area contributed by atoms with Gasteiger partial charge in [0.05, 0.1) is 24.4 Å². The van der Waals surface area contributed by atoms with Crippen LogP contribution in [-0.2, 0) is 22.6 Å². The Labute approximate surface area is 234 Å². The van der Waals surface area contributed by atoms with Gasteiger partial charge in [-0.2, -0.15) is 4.68 Å². The van der Waals surface area contributed by atoms with Crippen molar-refractivity contribution >= 4 is 17.8 Å².